The summed E-state index contributed by atoms with van der Waals surface area (Å²) in [5.74, 6) is 0.928. The molecule has 3 heterocycles. The molecule has 0 bridgehead atoms. The van der Waals surface area contributed by atoms with Gasteiger partial charge in [-0.05, 0) is 64.3 Å². The second-order valence-corrected chi connectivity index (χ2v) is 7.81. The summed E-state index contributed by atoms with van der Waals surface area (Å²) >= 11 is 0. The third-order valence-electron chi connectivity index (χ3n) is 5.81. The maximum absolute atomic E-state index is 12.7. The predicted octanol–water partition coefficient (Wildman–Crippen LogP) is 2.55. The second-order valence-electron chi connectivity index (χ2n) is 7.81. The van der Waals surface area contributed by atoms with Crippen LogP contribution in [-0.2, 0) is 4.79 Å². The standard InChI is InChI=1S/C20H32N4O/c1-16(2)22-8-5-18(6-9-22)14-20(25)24-12-10-23(11-13-24)19-4-7-21-15-17(19)3/h4,7,15-16,18H,5-6,8-14H2,1-3H3. The topological polar surface area (TPSA) is 39.7 Å². The van der Waals surface area contributed by atoms with Crippen molar-refractivity contribution in [3.8, 4) is 0 Å². The molecule has 0 aromatic carbocycles. The molecule has 1 aromatic rings. The Labute approximate surface area is 152 Å². The number of carbonyl (C=O) groups excluding carboxylic acids is 1. The SMILES string of the molecule is Cc1cnccc1N1CCN(C(=O)CC2CCN(C(C)C)CC2)CC1. The number of piperidine rings is 1. The maximum Gasteiger partial charge on any atom is 0.222 e. The zero-order valence-electron chi connectivity index (χ0n) is 15.9. The number of anilines is 1. The van der Waals surface area contributed by atoms with Gasteiger partial charge in [-0.1, -0.05) is 0 Å². The first-order chi connectivity index (χ1) is 12.0. The van der Waals surface area contributed by atoms with Gasteiger partial charge in [-0.25, -0.2) is 0 Å². The number of carbonyl (C=O) groups is 1. The molecule has 2 fully saturated rings. The fourth-order valence-electron chi connectivity index (χ4n) is 4.07. The molecule has 1 aromatic heterocycles. The van der Waals surface area contributed by atoms with Crippen LogP contribution in [0.1, 0.15) is 38.7 Å². The van der Waals surface area contributed by atoms with Crippen LogP contribution in [-0.4, -0.2) is 66.0 Å². The molecule has 2 aliphatic heterocycles. The van der Waals surface area contributed by atoms with Crippen LogP contribution < -0.4 is 4.90 Å². The Morgan fingerprint density at radius 2 is 1.84 bits per heavy atom. The van der Waals surface area contributed by atoms with E-state index in [9.17, 15) is 4.79 Å². The van der Waals surface area contributed by atoms with E-state index in [-0.39, 0.29) is 0 Å². The molecular weight excluding hydrogens is 312 g/mol. The molecule has 0 radical (unpaired) electrons. The highest BCUT2D eigenvalue weighted by Gasteiger charge is 2.27. The van der Waals surface area contributed by atoms with Crippen LogP contribution in [0.3, 0.4) is 0 Å². The van der Waals surface area contributed by atoms with Crippen LogP contribution in [0, 0.1) is 12.8 Å². The molecule has 5 heteroatoms. The van der Waals surface area contributed by atoms with Gasteiger partial charge in [-0.15, -0.1) is 0 Å². The summed E-state index contributed by atoms with van der Waals surface area (Å²) in [4.78, 5) is 23.8. The van der Waals surface area contributed by atoms with E-state index in [1.54, 1.807) is 0 Å². The van der Waals surface area contributed by atoms with Crippen molar-refractivity contribution in [2.75, 3.05) is 44.2 Å². The first-order valence-electron chi connectivity index (χ1n) is 9.72. The molecule has 1 amide bonds. The van der Waals surface area contributed by atoms with Crippen molar-refractivity contribution >= 4 is 11.6 Å². The molecule has 0 aliphatic carbocycles. The third-order valence-corrected chi connectivity index (χ3v) is 5.81. The van der Waals surface area contributed by atoms with Crippen LogP contribution in [0.25, 0.3) is 0 Å². The molecule has 0 saturated carbocycles. The van der Waals surface area contributed by atoms with Gasteiger partial charge in [0.1, 0.15) is 0 Å². The van der Waals surface area contributed by atoms with Crippen molar-refractivity contribution in [1.29, 1.82) is 0 Å². The monoisotopic (exact) mass is 344 g/mol. The molecular formula is C20H32N4O. The van der Waals surface area contributed by atoms with Gasteiger partial charge >= 0.3 is 0 Å². The number of aryl methyl sites for hydroxylation is 1. The van der Waals surface area contributed by atoms with E-state index in [0.717, 1.165) is 45.7 Å². The lowest BCUT2D eigenvalue weighted by atomic mass is 9.92. The second kappa shape index (κ2) is 8.17. The normalized spacial score (nSPS) is 20.3. The third kappa shape index (κ3) is 4.51. The average Bonchev–Trinajstić information content (AvgIpc) is 2.63. The lowest BCUT2D eigenvalue weighted by Crippen LogP contribution is -2.49. The largest absolute Gasteiger partial charge is 0.368 e. The lowest BCUT2D eigenvalue weighted by molar-refractivity contribution is -0.132. The smallest absolute Gasteiger partial charge is 0.222 e. The zero-order valence-corrected chi connectivity index (χ0v) is 15.9. The first kappa shape index (κ1) is 18.2. The van der Waals surface area contributed by atoms with E-state index >= 15 is 0 Å². The van der Waals surface area contributed by atoms with Crippen molar-refractivity contribution < 1.29 is 4.79 Å². The van der Waals surface area contributed by atoms with Gasteiger partial charge in [0, 0.05) is 56.7 Å². The maximum atomic E-state index is 12.7. The quantitative estimate of drug-likeness (QED) is 0.842. The van der Waals surface area contributed by atoms with Gasteiger partial charge in [0.25, 0.3) is 0 Å². The highest BCUT2D eigenvalue weighted by atomic mass is 16.2. The van der Waals surface area contributed by atoms with Gasteiger partial charge in [-0.3, -0.25) is 9.78 Å². The van der Waals surface area contributed by atoms with Crippen molar-refractivity contribution in [1.82, 2.24) is 14.8 Å². The van der Waals surface area contributed by atoms with Crippen molar-refractivity contribution in [2.24, 2.45) is 5.92 Å². The summed E-state index contributed by atoms with van der Waals surface area (Å²) in [5.41, 5.74) is 2.46. The Bertz CT molecular complexity index is 573. The van der Waals surface area contributed by atoms with E-state index in [0.29, 0.717) is 17.9 Å². The molecule has 2 aliphatic rings. The molecule has 25 heavy (non-hydrogen) atoms. The number of hydrogen-bond acceptors (Lipinski definition) is 4. The minimum Gasteiger partial charge on any atom is -0.368 e. The number of rotatable bonds is 4. The Balaban J connectivity index is 1.45. The Morgan fingerprint density at radius 1 is 1.16 bits per heavy atom. The average molecular weight is 345 g/mol. The molecule has 5 nitrogen and oxygen atoms in total. The van der Waals surface area contributed by atoms with Crippen LogP contribution in [0.5, 0.6) is 0 Å². The van der Waals surface area contributed by atoms with Gasteiger partial charge in [-0.2, -0.15) is 0 Å². The molecule has 3 rings (SSSR count). The number of nitrogens with zero attached hydrogens (tertiary/aromatic N) is 4. The number of likely N-dealkylation sites (tertiary alicyclic amines) is 1. The molecule has 0 atom stereocenters. The van der Waals surface area contributed by atoms with Crippen LogP contribution in [0.2, 0.25) is 0 Å². The Morgan fingerprint density at radius 3 is 2.44 bits per heavy atom. The zero-order chi connectivity index (χ0) is 17.8. The first-order valence-corrected chi connectivity index (χ1v) is 9.72. The summed E-state index contributed by atoms with van der Waals surface area (Å²) in [6.07, 6.45) is 6.83. The van der Waals surface area contributed by atoms with Gasteiger partial charge in [0.2, 0.25) is 5.91 Å². The summed E-state index contributed by atoms with van der Waals surface area (Å²) in [5, 5.41) is 0. The number of hydrogen-bond donors (Lipinski definition) is 0. The number of pyridine rings is 1. The number of amides is 1. The molecule has 0 spiro atoms. The van der Waals surface area contributed by atoms with Crippen molar-refractivity contribution in [2.45, 2.75) is 46.1 Å². The van der Waals surface area contributed by atoms with Crippen LogP contribution >= 0.6 is 0 Å². The number of piperazine rings is 1. The van der Waals surface area contributed by atoms with Crippen LogP contribution in [0.15, 0.2) is 18.5 Å². The fourth-order valence-corrected chi connectivity index (χ4v) is 4.07. The van der Waals surface area contributed by atoms with Crippen molar-refractivity contribution in [3.05, 3.63) is 24.0 Å². The minimum atomic E-state index is 0.356. The highest BCUT2D eigenvalue weighted by Crippen LogP contribution is 2.24. The van der Waals surface area contributed by atoms with Gasteiger partial charge < -0.3 is 14.7 Å². The van der Waals surface area contributed by atoms with E-state index in [1.165, 1.54) is 24.1 Å². The van der Waals surface area contributed by atoms with E-state index in [4.69, 9.17) is 0 Å². The Kier molecular flexibility index (Phi) is 5.94. The summed E-state index contributed by atoms with van der Waals surface area (Å²) < 4.78 is 0. The van der Waals surface area contributed by atoms with Gasteiger partial charge in [0.15, 0.2) is 0 Å². The molecule has 0 unspecified atom stereocenters. The van der Waals surface area contributed by atoms with Crippen molar-refractivity contribution in [3.63, 3.8) is 0 Å². The number of aromatic nitrogens is 1. The van der Waals surface area contributed by atoms with E-state index in [1.807, 2.05) is 12.4 Å². The molecule has 2 saturated heterocycles. The van der Waals surface area contributed by atoms with E-state index in [2.05, 4.69) is 46.5 Å². The van der Waals surface area contributed by atoms with Gasteiger partial charge in [0.05, 0.1) is 0 Å². The minimum absolute atomic E-state index is 0.356. The summed E-state index contributed by atoms with van der Waals surface area (Å²) in [7, 11) is 0. The summed E-state index contributed by atoms with van der Waals surface area (Å²) in [6, 6.07) is 2.70. The molecule has 0 N–H and O–H groups in total. The molecule has 138 valence electrons. The summed E-state index contributed by atoms with van der Waals surface area (Å²) in [6.45, 7) is 12.4. The fraction of sp³-hybridized carbons (Fsp3) is 0.700. The highest BCUT2D eigenvalue weighted by molar-refractivity contribution is 5.76. The Hall–Kier alpha value is -1.62. The van der Waals surface area contributed by atoms with E-state index < -0.39 is 0 Å². The predicted molar refractivity (Wildman–Crippen MR) is 102 cm³/mol. The van der Waals surface area contributed by atoms with Crippen LogP contribution in [0.4, 0.5) is 5.69 Å². The lowest BCUT2D eigenvalue weighted by Gasteiger charge is -2.38.